The Morgan fingerprint density at radius 2 is 1.73 bits per heavy atom. The predicted octanol–water partition coefficient (Wildman–Crippen LogP) is 5.42. The Morgan fingerprint density at radius 3 is 2.30 bits per heavy atom. The van der Waals surface area contributed by atoms with Gasteiger partial charge in [0, 0.05) is 12.6 Å². The van der Waals surface area contributed by atoms with E-state index in [0.717, 1.165) is 48.4 Å². The highest BCUT2D eigenvalue weighted by atomic mass is 35.5. The molecule has 1 aliphatic carbocycles. The standard InChI is InChI=1S/C25H29Cl3FN3O4S/c1-3-23(25(34)30-17-6-4-5-7-17)31(14-16-8-10-19(26)20(27)12-16)24(33)15-32(37(2,35)36)18-9-11-22(29)21(28)13-18/h8-13,17,23H,3-7,14-15H2,1-2H3,(H,30,34)/t23-/m1/s1. The number of carbonyl (C=O) groups is 2. The summed E-state index contributed by atoms with van der Waals surface area (Å²) in [5.74, 6) is -1.65. The van der Waals surface area contributed by atoms with E-state index >= 15 is 0 Å². The Morgan fingerprint density at radius 1 is 1.05 bits per heavy atom. The first kappa shape index (κ1) is 29.5. The smallest absolute Gasteiger partial charge is 0.244 e. The number of halogens is 4. The van der Waals surface area contributed by atoms with Gasteiger partial charge >= 0.3 is 0 Å². The first-order chi connectivity index (χ1) is 17.4. The summed E-state index contributed by atoms with van der Waals surface area (Å²) in [7, 11) is -3.97. The summed E-state index contributed by atoms with van der Waals surface area (Å²) in [6.07, 6.45) is 5.03. The van der Waals surface area contributed by atoms with Gasteiger partial charge in [-0.1, -0.05) is 60.6 Å². The molecule has 0 aromatic heterocycles. The minimum Gasteiger partial charge on any atom is -0.352 e. The number of sulfonamides is 1. The molecular formula is C25H29Cl3FN3O4S. The number of rotatable bonds is 10. The SMILES string of the molecule is CC[C@H](C(=O)NC1CCCC1)N(Cc1ccc(Cl)c(Cl)c1)C(=O)CN(c1ccc(F)c(Cl)c1)S(C)(=O)=O. The number of hydrogen-bond donors (Lipinski definition) is 1. The van der Waals surface area contributed by atoms with Crippen molar-refractivity contribution in [3.05, 3.63) is 62.8 Å². The number of nitrogens with zero attached hydrogens (tertiary/aromatic N) is 2. The van der Waals surface area contributed by atoms with Crippen molar-refractivity contribution in [3.8, 4) is 0 Å². The topological polar surface area (TPSA) is 86.8 Å². The molecule has 202 valence electrons. The monoisotopic (exact) mass is 591 g/mol. The Labute approximate surface area is 231 Å². The quantitative estimate of drug-likeness (QED) is 0.399. The van der Waals surface area contributed by atoms with Crippen molar-refractivity contribution in [1.29, 1.82) is 0 Å². The molecule has 2 aromatic rings. The lowest BCUT2D eigenvalue weighted by Crippen LogP contribution is -2.53. The third kappa shape index (κ3) is 7.72. The number of anilines is 1. The van der Waals surface area contributed by atoms with Gasteiger partial charge in [0.05, 0.1) is 27.0 Å². The van der Waals surface area contributed by atoms with Crippen LogP contribution in [0.25, 0.3) is 0 Å². The van der Waals surface area contributed by atoms with Crippen molar-refractivity contribution in [1.82, 2.24) is 10.2 Å². The van der Waals surface area contributed by atoms with Crippen LogP contribution in [0.2, 0.25) is 15.1 Å². The largest absolute Gasteiger partial charge is 0.352 e. The molecule has 0 saturated heterocycles. The highest BCUT2D eigenvalue weighted by Crippen LogP contribution is 2.27. The molecule has 0 heterocycles. The van der Waals surface area contributed by atoms with Crippen LogP contribution in [0, 0.1) is 5.82 Å². The normalized spacial score (nSPS) is 14.9. The minimum atomic E-state index is -3.97. The molecule has 12 heteroatoms. The van der Waals surface area contributed by atoms with Crippen molar-refractivity contribution in [2.75, 3.05) is 17.1 Å². The summed E-state index contributed by atoms with van der Waals surface area (Å²) >= 11 is 18.1. The molecule has 1 saturated carbocycles. The average Bonchev–Trinajstić information content (AvgIpc) is 3.33. The molecule has 0 spiro atoms. The Balaban J connectivity index is 1.95. The van der Waals surface area contributed by atoms with Crippen molar-refractivity contribution < 1.29 is 22.4 Å². The maximum atomic E-state index is 13.7. The first-order valence-corrected chi connectivity index (χ1v) is 14.9. The first-order valence-electron chi connectivity index (χ1n) is 11.9. The van der Waals surface area contributed by atoms with Gasteiger partial charge in [0.1, 0.15) is 18.4 Å². The van der Waals surface area contributed by atoms with Crippen LogP contribution in [-0.4, -0.2) is 50.0 Å². The van der Waals surface area contributed by atoms with Gasteiger partial charge in [-0.3, -0.25) is 13.9 Å². The molecule has 1 N–H and O–H groups in total. The fourth-order valence-electron chi connectivity index (χ4n) is 4.38. The number of benzene rings is 2. The zero-order chi connectivity index (χ0) is 27.3. The van der Waals surface area contributed by atoms with Gasteiger partial charge < -0.3 is 10.2 Å². The van der Waals surface area contributed by atoms with Crippen LogP contribution >= 0.6 is 34.8 Å². The van der Waals surface area contributed by atoms with Gasteiger partial charge in [-0.05, 0) is 55.2 Å². The molecule has 1 atom stereocenters. The van der Waals surface area contributed by atoms with Gasteiger partial charge in [0.15, 0.2) is 0 Å². The number of nitrogens with one attached hydrogen (secondary N) is 1. The molecule has 3 rings (SSSR count). The zero-order valence-corrected chi connectivity index (χ0v) is 23.6. The molecule has 0 unspecified atom stereocenters. The second-order valence-electron chi connectivity index (χ2n) is 9.05. The van der Waals surface area contributed by atoms with E-state index in [4.69, 9.17) is 34.8 Å². The average molecular weight is 593 g/mol. The van der Waals surface area contributed by atoms with E-state index in [9.17, 15) is 22.4 Å². The van der Waals surface area contributed by atoms with Crippen LogP contribution in [0.4, 0.5) is 10.1 Å². The molecule has 37 heavy (non-hydrogen) atoms. The number of amides is 2. The van der Waals surface area contributed by atoms with Gasteiger partial charge in [-0.2, -0.15) is 0 Å². The van der Waals surface area contributed by atoms with Gasteiger partial charge in [0.2, 0.25) is 21.8 Å². The molecule has 2 aromatic carbocycles. The Bertz CT molecular complexity index is 1260. The lowest BCUT2D eigenvalue weighted by atomic mass is 10.1. The van der Waals surface area contributed by atoms with Crippen LogP contribution in [-0.2, 0) is 26.2 Å². The molecule has 0 radical (unpaired) electrons. The van der Waals surface area contributed by atoms with Crippen LogP contribution in [0.1, 0.15) is 44.6 Å². The van der Waals surface area contributed by atoms with Crippen LogP contribution in [0.15, 0.2) is 36.4 Å². The molecule has 0 aliphatic heterocycles. The fourth-order valence-corrected chi connectivity index (χ4v) is 5.71. The van der Waals surface area contributed by atoms with E-state index in [1.807, 2.05) is 0 Å². The third-order valence-electron chi connectivity index (χ3n) is 6.29. The molecule has 1 aliphatic rings. The fraction of sp³-hybridized carbons (Fsp3) is 0.440. The number of hydrogen-bond acceptors (Lipinski definition) is 4. The van der Waals surface area contributed by atoms with Crippen molar-refractivity contribution >= 4 is 62.3 Å². The van der Waals surface area contributed by atoms with Crippen molar-refractivity contribution in [3.63, 3.8) is 0 Å². The summed E-state index contributed by atoms with van der Waals surface area (Å²) in [5, 5.41) is 3.37. The summed E-state index contributed by atoms with van der Waals surface area (Å²) in [4.78, 5) is 28.3. The van der Waals surface area contributed by atoms with Crippen molar-refractivity contribution in [2.24, 2.45) is 0 Å². The highest BCUT2D eigenvalue weighted by molar-refractivity contribution is 7.92. The Kier molecular flexibility index (Phi) is 10.1. The van der Waals surface area contributed by atoms with E-state index in [-0.39, 0.29) is 34.2 Å². The summed E-state index contributed by atoms with van der Waals surface area (Å²) in [6.45, 7) is 1.16. The van der Waals surface area contributed by atoms with Crippen LogP contribution in [0.3, 0.4) is 0 Å². The lowest BCUT2D eigenvalue weighted by molar-refractivity contribution is -0.140. The zero-order valence-electron chi connectivity index (χ0n) is 20.5. The Hall–Kier alpha value is -2.07. The maximum absolute atomic E-state index is 13.7. The lowest BCUT2D eigenvalue weighted by Gasteiger charge is -2.33. The van der Waals surface area contributed by atoms with E-state index in [2.05, 4.69) is 5.32 Å². The van der Waals surface area contributed by atoms with Crippen LogP contribution in [0.5, 0.6) is 0 Å². The maximum Gasteiger partial charge on any atom is 0.244 e. The molecule has 7 nitrogen and oxygen atoms in total. The van der Waals surface area contributed by atoms with E-state index in [1.165, 1.54) is 11.0 Å². The summed E-state index contributed by atoms with van der Waals surface area (Å²) in [5.41, 5.74) is 0.644. The number of carbonyl (C=O) groups excluding carboxylic acids is 2. The minimum absolute atomic E-state index is 0.00586. The third-order valence-corrected chi connectivity index (χ3v) is 8.46. The van der Waals surface area contributed by atoms with Gasteiger partial charge in [-0.15, -0.1) is 0 Å². The molecule has 0 bridgehead atoms. The highest BCUT2D eigenvalue weighted by Gasteiger charge is 2.33. The van der Waals surface area contributed by atoms with Crippen LogP contribution < -0.4 is 9.62 Å². The second kappa shape index (κ2) is 12.7. The van der Waals surface area contributed by atoms with E-state index < -0.39 is 34.3 Å². The van der Waals surface area contributed by atoms with Gasteiger partial charge in [-0.25, -0.2) is 12.8 Å². The molecule has 1 fully saturated rings. The predicted molar refractivity (Wildman–Crippen MR) is 145 cm³/mol. The van der Waals surface area contributed by atoms with Gasteiger partial charge in [0.25, 0.3) is 0 Å². The van der Waals surface area contributed by atoms with E-state index in [0.29, 0.717) is 17.0 Å². The summed E-state index contributed by atoms with van der Waals surface area (Å²) < 4.78 is 39.8. The second-order valence-corrected chi connectivity index (χ2v) is 12.2. The van der Waals surface area contributed by atoms with Crippen molar-refractivity contribution in [2.45, 2.75) is 57.7 Å². The molecule has 2 amide bonds. The van der Waals surface area contributed by atoms with E-state index in [1.54, 1.807) is 25.1 Å². The summed E-state index contributed by atoms with van der Waals surface area (Å²) in [6, 6.07) is 7.44. The molecular weight excluding hydrogens is 564 g/mol.